The molecule has 0 radical (unpaired) electrons. The predicted octanol–water partition coefficient (Wildman–Crippen LogP) is 2.21. The molecular formula is C14H16FNO. The van der Waals surface area contributed by atoms with Crippen LogP contribution in [0, 0.1) is 17.7 Å². The maximum absolute atomic E-state index is 13.1. The lowest BCUT2D eigenvalue weighted by atomic mass is 9.96. The van der Waals surface area contributed by atoms with Crippen molar-refractivity contribution in [2.75, 3.05) is 6.54 Å². The molecule has 2 nitrogen and oxygen atoms in total. The zero-order valence-electron chi connectivity index (χ0n) is 9.71. The highest BCUT2D eigenvalue weighted by Crippen LogP contribution is 2.23. The largest absolute Gasteiger partial charge is 0.373 e. The molecule has 2 rings (SSSR count). The number of halogens is 1. The van der Waals surface area contributed by atoms with Gasteiger partial charge in [0.25, 0.3) is 0 Å². The third-order valence-corrected chi connectivity index (χ3v) is 2.92. The Kier molecular flexibility index (Phi) is 4.13. The van der Waals surface area contributed by atoms with Crippen LogP contribution < -0.4 is 5.73 Å². The van der Waals surface area contributed by atoms with E-state index in [1.165, 1.54) is 18.6 Å². The van der Waals surface area contributed by atoms with Gasteiger partial charge in [0, 0.05) is 5.56 Å². The van der Waals surface area contributed by atoms with Gasteiger partial charge in [0.15, 0.2) is 0 Å². The Labute approximate surface area is 101 Å². The number of hydrogen-bond donors (Lipinski definition) is 1. The standard InChI is InChI=1S/C14H16FNO/c15-13-7-6-12(10-17-14-4-1-5-14)11(9-13)3-2-8-16/h6-7,9,14H,1,4-5,8,10,16H2. The Hall–Kier alpha value is -1.37. The molecule has 0 aliphatic heterocycles. The van der Waals surface area contributed by atoms with E-state index in [0.29, 0.717) is 18.3 Å². The fraction of sp³-hybridized carbons (Fsp3) is 0.429. The highest BCUT2D eigenvalue weighted by molar-refractivity contribution is 5.41. The van der Waals surface area contributed by atoms with Gasteiger partial charge in [-0.2, -0.15) is 0 Å². The molecule has 0 unspecified atom stereocenters. The van der Waals surface area contributed by atoms with Crippen molar-refractivity contribution < 1.29 is 9.13 Å². The van der Waals surface area contributed by atoms with Gasteiger partial charge in [-0.15, -0.1) is 0 Å². The van der Waals surface area contributed by atoms with Crippen LogP contribution in [0.2, 0.25) is 0 Å². The molecule has 1 aliphatic rings. The summed E-state index contributed by atoms with van der Waals surface area (Å²) in [5.41, 5.74) is 6.92. The molecule has 3 heteroatoms. The number of hydrogen-bond acceptors (Lipinski definition) is 2. The molecule has 1 aromatic rings. The average molecular weight is 233 g/mol. The SMILES string of the molecule is NCC#Cc1cc(F)ccc1COC1CCC1. The molecule has 1 aliphatic carbocycles. The summed E-state index contributed by atoms with van der Waals surface area (Å²) >= 11 is 0. The third kappa shape index (κ3) is 3.29. The van der Waals surface area contributed by atoms with Crippen molar-refractivity contribution in [2.24, 2.45) is 5.73 Å². The van der Waals surface area contributed by atoms with Gasteiger partial charge >= 0.3 is 0 Å². The van der Waals surface area contributed by atoms with E-state index in [4.69, 9.17) is 10.5 Å². The molecule has 0 amide bonds. The lowest BCUT2D eigenvalue weighted by molar-refractivity contribution is -0.00875. The molecule has 0 aromatic heterocycles. The highest BCUT2D eigenvalue weighted by Gasteiger charge is 2.18. The minimum atomic E-state index is -0.279. The summed E-state index contributed by atoms with van der Waals surface area (Å²) in [6.45, 7) is 0.777. The molecule has 0 bridgehead atoms. The van der Waals surface area contributed by atoms with Crippen LogP contribution in [-0.4, -0.2) is 12.6 Å². The average Bonchev–Trinajstić information content (AvgIpc) is 2.26. The Balaban J connectivity index is 2.07. The normalized spacial score (nSPS) is 14.9. The summed E-state index contributed by atoms with van der Waals surface area (Å²) in [6.07, 6.45) is 3.87. The number of rotatable bonds is 3. The van der Waals surface area contributed by atoms with Crippen molar-refractivity contribution in [1.82, 2.24) is 0 Å². The van der Waals surface area contributed by atoms with Crippen molar-refractivity contribution in [2.45, 2.75) is 32.0 Å². The first-order valence-electron chi connectivity index (χ1n) is 5.88. The van der Waals surface area contributed by atoms with Crippen molar-refractivity contribution in [3.8, 4) is 11.8 Å². The third-order valence-electron chi connectivity index (χ3n) is 2.92. The molecule has 1 saturated carbocycles. The summed E-state index contributed by atoms with van der Waals surface area (Å²) in [4.78, 5) is 0. The van der Waals surface area contributed by atoms with Gasteiger partial charge in [0.1, 0.15) is 5.82 Å². The summed E-state index contributed by atoms with van der Waals surface area (Å²) in [7, 11) is 0. The van der Waals surface area contributed by atoms with E-state index in [-0.39, 0.29) is 12.4 Å². The first-order valence-corrected chi connectivity index (χ1v) is 5.88. The topological polar surface area (TPSA) is 35.2 Å². The molecular weight excluding hydrogens is 217 g/mol. The Morgan fingerprint density at radius 2 is 2.24 bits per heavy atom. The number of ether oxygens (including phenoxy) is 1. The number of benzene rings is 1. The van der Waals surface area contributed by atoms with Crippen molar-refractivity contribution >= 4 is 0 Å². The summed E-state index contributed by atoms with van der Waals surface area (Å²) in [6, 6.07) is 4.60. The van der Waals surface area contributed by atoms with Crippen LogP contribution in [0.1, 0.15) is 30.4 Å². The maximum Gasteiger partial charge on any atom is 0.124 e. The second-order valence-corrected chi connectivity index (χ2v) is 4.17. The summed E-state index contributed by atoms with van der Waals surface area (Å²) in [5.74, 6) is 5.34. The predicted molar refractivity (Wildman–Crippen MR) is 64.8 cm³/mol. The van der Waals surface area contributed by atoms with E-state index in [2.05, 4.69) is 11.8 Å². The maximum atomic E-state index is 13.1. The smallest absolute Gasteiger partial charge is 0.124 e. The number of nitrogens with two attached hydrogens (primary N) is 1. The van der Waals surface area contributed by atoms with E-state index in [0.717, 1.165) is 18.4 Å². The minimum Gasteiger partial charge on any atom is -0.373 e. The summed E-state index contributed by atoms with van der Waals surface area (Å²) in [5, 5.41) is 0. The second-order valence-electron chi connectivity index (χ2n) is 4.17. The van der Waals surface area contributed by atoms with Crippen molar-refractivity contribution in [1.29, 1.82) is 0 Å². The zero-order valence-corrected chi connectivity index (χ0v) is 9.71. The fourth-order valence-corrected chi connectivity index (χ4v) is 1.68. The van der Waals surface area contributed by atoms with Crippen LogP contribution in [-0.2, 0) is 11.3 Å². The monoisotopic (exact) mass is 233 g/mol. The second kappa shape index (κ2) is 5.81. The lowest BCUT2D eigenvalue weighted by Crippen LogP contribution is -2.21. The molecule has 0 atom stereocenters. The minimum absolute atomic E-state index is 0.277. The highest BCUT2D eigenvalue weighted by atomic mass is 19.1. The van der Waals surface area contributed by atoms with Crippen LogP contribution in [0.3, 0.4) is 0 Å². The lowest BCUT2D eigenvalue weighted by Gasteiger charge is -2.25. The van der Waals surface area contributed by atoms with E-state index in [1.807, 2.05) is 0 Å². The Bertz CT molecular complexity index is 443. The van der Waals surface area contributed by atoms with Crippen LogP contribution in [0.4, 0.5) is 4.39 Å². The van der Waals surface area contributed by atoms with Gasteiger partial charge in [-0.3, -0.25) is 0 Å². The van der Waals surface area contributed by atoms with Crippen LogP contribution in [0.15, 0.2) is 18.2 Å². The molecule has 2 N–H and O–H groups in total. The van der Waals surface area contributed by atoms with E-state index in [9.17, 15) is 4.39 Å². The molecule has 90 valence electrons. The molecule has 17 heavy (non-hydrogen) atoms. The van der Waals surface area contributed by atoms with Gasteiger partial charge < -0.3 is 10.5 Å². The zero-order chi connectivity index (χ0) is 12.1. The van der Waals surface area contributed by atoms with E-state index < -0.39 is 0 Å². The van der Waals surface area contributed by atoms with Gasteiger partial charge in [0.2, 0.25) is 0 Å². The molecule has 0 saturated heterocycles. The van der Waals surface area contributed by atoms with Gasteiger partial charge in [0.05, 0.1) is 19.3 Å². The van der Waals surface area contributed by atoms with Gasteiger partial charge in [-0.1, -0.05) is 17.9 Å². The van der Waals surface area contributed by atoms with Crippen LogP contribution in [0.25, 0.3) is 0 Å². The molecule has 0 spiro atoms. The summed E-state index contributed by atoms with van der Waals surface area (Å²) < 4.78 is 18.8. The molecule has 0 heterocycles. The fourth-order valence-electron chi connectivity index (χ4n) is 1.68. The van der Waals surface area contributed by atoms with Crippen LogP contribution >= 0.6 is 0 Å². The molecule has 1 fully saturated rings. The van der Waals surface area contributed by atoms with Crippen molar-refractivity contribution in [3.05, 3.63) is 35.1 Å². The van der Waals surface area contributed by atoms with E-state index >= 15 is 0 Å². The van der Waals surface area contributed by atoms with E-state index in [1.54, 1.807) is 6.07 Å². The van der Waals surface area contributed by atoms with Crippen LogP contribution in [0.5, 0.6) is 0 Å². The van der Waals surface area contributed by atoms with Crippen molar-refractivity contribution in [3.63, 3.8) is 0 Å². The Morgan fingerprint density at radius 1 is 1.41 bits per heavy atom. The first kappa shape index (κ1) is 12.1. The molecule has 1 aromatic carbocycles. The van der Waals surface area contributed by atoms with Gasteiger partial charge in [-0.05, 0) is 37.0 Å². The van der Waals surface area contributed by atoms with Gasteiger partial charge in [-0.25, -0.2) is 4.39 Å². The first-order chi connectivity index (χ1) is 8.29. The Morgan fingerprint density at radius 3 is 2.88 bits per heavy atom. The quantitative estimate of drug-likeness (QED) is 0.812.